The van der Waals surface area contributed by atoms with Crippen LogP contribution in [-0.4, -0.2) is 13.7 Å². The van der Waals surface area contributed by atoms with Crippen molar-refractivity contribution in [3.05, 3.63) is 50.6 Å². The summed E-state index contributed by atoms with van der Waals surface area (Å²) in [7, 11) is 1.68. The zero-order chi connectivity index (χ0) is 12.8. The summed E-state index contributed by atoms with van der Waals surface area (Å²) in [6.45, 7) is 1.88. The molecule has 1 aromatic heterocycles. The molecule has 0 bridgehead atoms. The van der Waals surface area contributed by atoms with Gasteiger partial charge in [-0.25, -0.2) is 0 Å². The smallest absolute Gasteiger partial charge is 0.133 e. The van der Waals surface area contributed by atoms with Gasteiger partial charge in [0, 0.05) is 6.54 Å². The zero-order valence-electron chi connectivity index (χ0n) is 10.3. The van der Waals surface area contributed by atoms with Crippen LogP contribution in [0.25, 0.3) is 0 Å². The minimum atomic E-state index is 0.872. The molecular weight excluding hydrogens is 310 g/mol. The Kier molecular flexibility index (Phi) is 5.23. The fourth-order valence-electron chi connectivity index (χ4n) is 1.72. The number of halogens is 1. The lowest BCUT2D eigenvalue weighted by Crippen LogP contribution is -2.16. The number of rotatable bonds is 6. The SMILES string of the molecule is COc1ccc(CNCCc2ccsc2)cc1Br. The summed E-state index contributed by atoms with van der Waals surface area (Å²) in [5.74, 6) is 0.872. The van der Waals surface area contributed by atoms with E-state index in [-0.39, 0.29) is 0 Å². The maximum atomic E-state index is 5.21. The van der Waals surface area contributed by atoms with Gasteiger partial charge in [0.05, 0.1) is 11.6 Å². The highest BCUT2D eigenvalue weighted by Gasteiger charge is 2.01. The molecule has 1 N–H and O–H groups in total. The van der Waals surface area contributed by atoms with Gasteiger partial charge in [-0.2, -0.15) is 11.3 Å². The van der Waals surface area contributed by atoms with Crippen LogP contribution in [0.3, 0.4) is 0 Å². The Morgan fingerprint density at radius 1 is 1.28 bits per heavy atom. The minimum Gasteiger partial charge on any atom is -0.496 e. The van der Waals surface area contributed by atoms with Gasteiger partial charge >= 0.3 is 0 Å². The molecule has 0 unspecified atom stereocenters. The van der Waals surface area contributed by atoms with Crippen molar-refractivity contribution in [1.29, 1.82) is 0 Å². The minimum absolute atomic E-state index is 0.872. The lowest BCUT2D eigenvalue weighted by atomic mass is 10.2. The van der Waals surface area contributed by atoms with E-state index in [2.05, 4.69) is 50.2 Å². The van der Waals surface area contributed by atoms with Crippen LogP contribution in [0, 0.1) is 0 Å². The van der Waals surface area contributed by atoms with E-state index in [0.29, 0.717) is 0 Å². The second-order valence-electron chi connectivity index (χ2n) is 4.03. The van der Waals surface area contributed by atoms with Gasteiger partial charge < -0.3 is 10.1 Å². The second kappa shape index (κ2) is 6.92. The van der Waals surface area contributed by atoms with E-state index in [0.717, 1.165) is 29.7 Å². The van der Waals surface area contributed by atoms with E-state index in [4.69, 9.17) is 4.74 Å². The Morgan fingerprint density at radius 3 is 2.83 bits per heavy atom. The van der Waals surface area contributed by atoms with Gasteiger partial charge in [0.2, 0.25) is 0 Å². The number of ether oxygens (including phenoxy) is 1. The maximum Gasteiger partial charge on any atom is 0.133 e. The van der Waals surface area contributed by atoms with Crippen molar-refractivity contribution in [3.8, 4) is 5.75 Å². The van der Waals surface area contributed by atoms with Crippen LogP contribution in [0.4, 0.5) is 0 Å². The second-order valence-corrected chi connectivity index (χ2v) is 5.66. The van der Waals surface area contributed by atoms with E-state index in [1.165, 1.54) is 11.1 Å². The summed E-state index contributed by atoms with van der Waals surface area (Å²) in [6.07, 6.45) is 1.08. The van der Waals surface area contributed by atoms with Gasteiger partial charge in [-0.3, -0.25) is 0 Å². The lowest BCUT2D eigenvalue weighted by Gasteiger charge is -2.07. The van der Waals surface area contributed by atoms with Crippen LogP contribution in [0.2, 0.25) is 0 Å². The molecule has 2 rings (SSSR count). The molecule has 4 heteroatoms. The molecule has 96 valence electrons. The first-order chi connectivity index (χ1) is 8.79. The fourth-order valence-corrected chi connectivity index (χ4v) is 3.01. The van der Waals surface area contributed by atoms with Gasteiger partial charge in [0.15, 0.2) is 0 Å². The van der Waals surface area contributed by atoms with Crippen LogP contribution >= 0.6 is 27.3 Å². The number of methoxy groups -OCH3 is 1. The molecule has 2 nitrogen and oxygen atoms in total. The Labute approximate surface area is 120 Å². The molecule has 0 fully saturated rings. The Hall–Kier alpha value is -0.840. The molecule has 0 saturated heterocycles. The van der Waals surface area contributed by atoms with E-state index >= 15 is 0 Å². The van der Waals surface area contributed by atoms with Gasteiger partial charge in [-0.05, 0) is 69.0 Å². The fraction of sp³-hybridized carbons (Fsp3) is 0.286. The largest absolute Gasteiger partial charge is 0.496 e. The average molecular weight is 326 g/mol. The number of benzene rings is 1. The third-order valence-electron chi connectivity index (χ3n) is 2.72. The first kappa shape index (κ1) is 13.6. The van der Waals surface area contributed by atoms with Crippen molar-refractivity contribution >= 4 is 27.3 Å². The van der Waals surface area contributed by atoms with Gasteiger partial charge in [-0.1, -0.05) is 6.07 Å². The summed E-state index contributed by atoms with van der Waals surface area (Å²) in [4.78, 5) is 0. The third-order valence-corrected chi connectivity index (χ3v) is 4.07. The van der Waals surface area contributed by atoms with Gasteiger partial charge in [0.1, 0.15) is 5.75 Å². The predicted octanol–water partition coefficient (Wildman–Crippen LogP) is 3.85. The van der Waals surface area contributed by atoms with Crippen LogP contribution < -0.4 is 10.1 Å². The summed E-state index contributed by atoms with van der Waals surface area (Å²) >= 11 is 5.25. The molecule has 0 aliphatic carbocycles. The molecular formula is C14H16BrNOS. The number of nitrogens with one attached hydrogen (secondary N) is 1. The summed E-state index contributed by atoms with van der Waals surface area (Å²) in [5.41, 5.74) is 2.66. The van der Waals surface area contributed by atoms with Gasteiger partial charge in [0.25, 0.3) is 0 Å². The van der Waals surface area contributed by atoms with E-state index in [1.54, 1.807) is 18.4 Å². The van der Waals surface area contributed by atoms with Crippen LogP contribution in [0.1, 0.15) is 11.1 Å². The van der Waals surface area contributed by atoms with Crippen molar-refractivity contribution in [2.24, 2.45) is 0 Å². The Morgan fingerprint density at radius 2 is 2.17 bits per heavy atom. The van der Waals surface area contributed by atoms with Crippen molar-refractivity contribution in [1.82, 2.24) is 5.32 Å². The monoisotopic (exact) mass is 325 g/mol. The van der Waals surface area contributed by atoms with Crippen molar-refractivity contribution in [2.75, 3.05) is 13.7 Å². The molecule has 1 aromatic carbocycles. The molecule has 2 aromatic rings. The highest BCUT2D eigenvalue weighted by molar-refractivity contribution is 9.10. The van der Waals surface area contributed by atoms with E-state index in [9.17, 15) is 0 Å². The standard InChI is InChI=1S/C14H16BrNOS/c1-17-14-3-2-12(8-13(14)15)9-16-6-4-11-5-7-18-10-11/h2-3,5,7-8,10,16H,4,6,9H2,1H3. The third kappa shape index (κ3) is 3.83. The molecule has 0 atom stereocenters. The molecule has 0 spiro atoms. The highest BCUT2D eigenvalue weighted by atomic mass is 79.9. The molecule has 0 saturated carbocycles. The first-order valence-corrected chi connectivity index (χ1v) is 7.57. The van der Waals surface area contributed by atoms with Crippen LogP contribution in [-0.2, 0) is 13.0 Å². The summed E-state index contributed by atoms with van der Waals surface area (Å²) in [6, 6.07) is 8.34. The number of hydrogen-bond donors (Lipinski definition) is 1. The lowest BCUT2D eigenvalue weighted by molar-refractivity contribution is 0.412. The predicted molar refractivity (Wildman–Crippen MR) is 80.4 cm³/mol. The maximum absolute atomic E-state index is 5.21. The summed E-state index contributed by atoms with van der Waals surface area (Å²) < 4.78 is 6.21. The van der Waals surface area contributed by atoms with Crippen molar-refractivity contribution in [3.63, 3.8) is 0 Å². The molecule has 0 aliphatic heterocycles. The van der Waals surface area contributed by atoms with E-state index in [1.807, 2.05) is 6.07 Å². The average Bonchev–Trinajstić information content (AvgIpc) is 2.88. The number of hydrogen-bond acceptors (Lipinski definition) is 3. The van der Waals surface area contributed by atoms with E-state index < -0.39 is 0 Å². The molecule has 0 amide bonds. The van der Waals surface area contributed by atoms with Crippen LogP contribution in [0.15, 0.2) is 39.5 Å². The molecule has 0 aliphatic rings. The van der Waals surface area contributed by atoms with Gasteiger partial charge in [-0.15, -0.1) is 0 Å². The molecule has 18 heavy (non-hydrogen) atoms. The summed E-state index contributed by atoms with van der Waals surface area (Å²) in [5, 5.41) is 7.77. The highest BCUT2D eigenvalue weighted by Crippen LogP contribution is 2.25. The quantitative estimate of drug-likeness (QED) is 0.814. The molecule has 0 radical (unpaired) electrons. The normalized spacial score (nSPS) is 10.6. The van der Waals surface area contributed by atoms with Crippen molar-refractivity contribution in [2.45, 2.75) is 13.0 Å². The number of thiophene rings is 1. The Balaban J connectivity index is 1.78. The molecule has 1 heterocycles. The topological polar surface area (TPSA) is 21.3 Å². The Bertz CT molecular complexity index is 485. The van der Waals surface area contributed by atoms with Crippen molar-refractivity contribution < 1.29 is 4.74 Å². The first-order valence-electron chi connectivity index (χ1n) is 5.84. The van der Waals surface area contributed by atoms with Crippen LogP contribution in [0.5, 0.6) is 5.75 Å². The zero-order valence-corrected chi connectivity index (χ0v) is 12.7.